The third kappa shape index (κ3) is 3.07. The lowest BCUT2D eigenvalue weighted by molar-refractivity contribution is 0.0462. The molecule has 3 aromatic rings. The van der Waals surface area contributed by atoms with Gasteiger partial charge in [0.05, 0.1) is 5.69 Å². The van der Waals surface area contributed by atoms with Crippen molar-refractivity contribution in [2.75, 3.05) is 6.61 Å². The molecular formula is C16H14N4O4. The molecule has 0 spiro atoms. The zero-order valence-corrected chi connectivity index (χ0v) is 13.1. The number of Topliss-reactive ketones (excluding diaryl/α,β-unsaturated/α-hetero) is 1. The molecule has 3 rings (SSSR count). The van der Waals surface area contributed by atoms with Crippen LogP contribution in [0.1, 0.15) is 32.6 Å². The Morgan fingerprint density at radius 3 is 2.58 bits per heavy atom. The zero-order valence-electron chi connectivity index (χ0n) is 13.1. The average Bonchev–Trinajstić information content (AvgIpc) is 3.19. The van der Waals surface area contributed by atoms with Gasteiger partial charge in [0.2, 0.25) is 5.78 Å². The quantitative estimate of drug-likeness (QED) is 0.564. The molecule has 24 heavy (non-hydrogen) atoms. The topological polar surface area (TPSA) is 111 Å². The van der Waals surface area contributed by atoms with Crippen LogP contribution in [0.3, 0.4) is 0 Å². The van der Waals surface area contributed by atoms with Gasteiger partial charge >= 0.3 is 5.97 Å². The Morgan fingerprint density at radius 1 is 1.17 bits per heavy atom. The molecule has 0 bridgehead atoms. The van der Waals surface area contributed by atoms with Gasteiger partial charge in [-0.1, -0.05) is 30.3 Å². The van der Waals surface area contributed by atoms with Crippen molar-refractivity contribution in [2.45, 2.75) is 13.8 Å². The van der Waals surface area contributed by atoms with Gasteiger partial charge in [0, 0.05) is 12.5 Å². The molecule has 0 saturated heterocycles. The monoisotopic (exact) mass is 326 g/mol. The Balaban J connectivity index is 1.72. The second kappa shape index (κ2) is 6.45. The van der Waals surface area contributed by atoms with Crippen molar-refractivity contribution in [1.82, 2.24) is 20.4 Å². The van der Waals surface area contributed by atoms with Gasteiger partial charge in [-0.2, -0.15) is 10.3 Å². The summed E-state index contributed by atoms with van der Waals surface area (Å²) >= 11 is 0. The summed E-state index contributed by atoms with van der Waals surface area (Å²) in [5.74, 6) is -0.746. The van der Waals surface area contributed by atoms with E-state index < -0.39 is 18.4 Å². The van der Waals surface area contributed by atoms with Gasteiger partial charge in [0.1, 0.15) is 5.69 Å². The number of oxazole rings is 1. The summed E-state index contributed by atoms with van der Waals surface area (Å²) in [4.78, 5) is 28.2. The van der Waals surface area contributed by atoms with E-state index >= 15 is 0 Å². The van der Waals surface area contributed by atoms with E-state index in [1.54, 1.807) is 26.0 Å². The summed E-state index contributed by atoms with van der Waals surface area (Å²) in [5, 5.41) is 10.2. The Morgan fingerprint density at radius 2 is 1.92 bits per heavy atom. The van der Waals surface area contributed by atoms with E-state index in [1.807, 2.05) is 18.2 Å². The first kappa shape index (κ1) is 15.6. The fourth-order valence-electron chi connectivity index (χ4n) is 2.23. The molecule has 0 radical (unpaired) electrons. The highest BCUT2D eigenvalue weighted by molar-refractivity contribution is 5.99. The largest absolute Gasteiger partial charge is 0.452 e. The number of hydrogen-bond donors (Lipinski definition) is 1. The number of nitrogens with zero attached hydrogens (tertiary/aromatic N) is 3. The molecule has 2 aromatic heterocycles. The fraction of sp³-hybridized carbons (Fsp3) is 0.188. The van der Waals surface area contributed by atoms with Crippen molar-refractivity contribution in [3.8, 4) is 11.3 Å². The first-order chi connectivity index (χ1) is 11.6. The van der Waals surface area contributed by atoms with Gasteiger partial charge in [-0.15, -0.1) is 5.10 Å². The van der Waals surface area contributed by atoms with Gasteiger partial charge in [-0.25, -0.2) is 9.78 Å². The second-order valence-electron chi connectivity index (χ2n) is 5.03. The molecule has 0 unspecified atom stereocenters. The highest BCUT2D eigenvalue weighted by Gasteiger charge is 2.22. The van der Waals surface area contributed by atoms with Gasteiger partial charge < -0.3 is 9.15 Å². The minimum absolute atomic E-state index is 0.0134. The molecule has 2 heterocycles. The minimum atomic E-state index is -0.746. The van der Waals surface area contributed by atoms with Crippen molar-refractivity contribution in [3.63, 3.8) is 0 Å². The van der Waals surface area contributed by atoms with Crippen LogP contribution in [0, 0.1) is 13.8 Å². The lowest BCUT2D eigenvalue weighted by Gasteiger charge is -2.03. The molecule has 0 atom stereocenters. The van der Waals surface area contributed by atoms with Crippen LogP contribution in [0.25, 0.3) is 11.3 Å². The maximum Gasteiger partial charge on any atom is 0.361 e. The number of rotatable bonds is 5. The summed E-state index contributed by atoms with van der Waals surface area (Å²) in [5.41, 5.74) is 1.55. The molecular weight excluding hydrogens is 312 g/mol. The maximum absolute atomic E-state index is 12.2. The van der Waals surface area contributed by atoms with E-state index in [4.69, 9.17) is 9.15 Å². The predicted molar refractivity (Wildman–Crippen MR) is 82.4 cm³/mol. The molecule has 122 valence electrons. The number of ether oxygens (including phenoxy) is 1. The standard InChI is InChI=1S/C16H14N4O4/c1-9-15(24-10(2)17-9)12(21)8-23-16(22)14-13(18-20-19-14)11-6-4-3-5-7-11/h3-7H,8H2,1-2H3,(H,18,19,20). The molecule has 0 fully saturated rings. The minimum Gasteiger partial charge on any atom is -0.452 e. The third-order valence-corrected chi connectivity index (χ3v) is 3.28. The number of benzene rings is 1. The Hall–Kier alpha value is -3.29. The maximum atomic E-state index is 12.2. The van der Waals surface area contributed by atoms with E-state index in [2.05, 4.69) is 20.4 Å². The number of carbonyl (C=O) groups excluding carboxylic acids is 2. The number of hydrogen-bond acceptors (Lipinski definition) is 7. The number of aromatic amines is 1. The highest BCUT2D eigenvalue weighted by Crippen LogP contribution is 2.19. The molecule has 8 nitrogen and oxygen atoms in total. The van der Waals surface area contributed by atoms with Crippen LogP contribution in [0.4, 0.5) is 0 Å². The predicted octanol–water partition coefficient (Wildman–Crippen LogP) is 2.12. The van der Waals surface area contributed by atoms with Gasteiger partial charge in [-0.3, -0.25) is 4.79 Å². The van der Waals surface area contributed by atoms with Crippen molar-refractivity contribution in [2.24, 2.45) is 0 Å². The smallest absolute Gasteiger partial charge is 0.361 e. The summed E-state index contributed by atoms with van der Waals surface area (Å²) in [6, 6.07) is 9.07. The summed E-state index contributed by atoms with van der Waals surface area (Å²) in [7, 11) is 0. The Kier molecular flexibility index (Phi) is 4.19. The SMILES string of the molecule is Cc1nc(C)c(C(=O)COC(=O)c2n[nH]nc2-c2ccccc2)o1. The van der Waals surface area contributed by atoms with Gasteiger partial charge in [0.25, 0.3) is 0 Å². The second-order valence-corrected chi connectivity index (χ2v) is 5.03. The third-order valence-electron chi connectivity index (χ3n) is 3.28. The zero-order chi connectivity index (χ0) is 17.1. The molecule has 8 heteroatoms. The molecule has 0 saturated carbocycles. The van der Waals surface area contributed by atoms with E-state index in [1.165, 1.54) is 0 Å². The van der Waals surface area contributed by atoms with E-state index in [9.17, 15) is 9.59 Å². The first-order valence-electron chi connectivity index (χ1n) is 7.17. The van der Waals surface area contributed by atoms with E-state index in [-0.39, 0.29) is 11.5 Å². The van der Waals surface area contributed by atoms with Gasteiger partial charge in [-0.05, 0) is 6.92 Å². The number of H-pyrrole nitrogens is 1. The summed E-state index contributed by atoms with van der Waals surface area (Å²) in [6.07, 6.45) is 0. The van der Waals surface area contributed by atoms with E-state index in [0.717, 1.165) is 0 Å². The van der Waals surface area contributed by atoms with Crippen molar-refractivity contribution in [1.29, 1.82) is 0 Å². The number of carbonyl (C=O) groups is 2. The van der Waals surface area contributed by atoms with Crippen LogP contribution in [-0.2, 0) is 4.74 Å². The van der Waals surface area contributed by atoms with Crippen LogP contribution in [-0.4, -0.2) is 38.8 Å². The van der Waals surface area contributed by atoms with Crippen LogP contribution in [0.15, 0.2) is 34.7 Å². The first-order valence-corrected chi connectivity index (χ1v) is 7.17. The number of ketones is 1. The Labute approximate surface area is 136 Å². The normalized spacial score (nSPS) is 10.6. The molecule has 0 aliphatic rings. The number of aromatic nitrogens is 4. The molecule has 0 aliphatic heterocycles. The van der Waals surface area contributed by atoms with Crippen LogP contribution in [0.2, 0.25) is 0 Å². The van der Waals surface area contributed by atoms with Crippen molar-refractivity contribution < 1.29 is 18.7 Å². The summed E-state index contributed by atoms with van der Waals surface area (Å²) < 4.78 is 10.2. The summed E-state index contributed by atoms with van der Waals surface area (Å²) in [6.45, 7) is 2.82. The van der Waals surface area contributed by atoms with Crippen LogP contribution >= 0.6 is 0 Å². The highest BCUT2D eigenvalue weighted by atomic mass is 16.5. The van der Waals surface area contributed by atoms with Crippen molar-refractivity contribution >= 4 is 11.8 Å². The number of nitrogens with one attached hydrogen (secondary N) is 1. The Bertz CT molecular complexity index is 883. The number of esters is 1. The fourth-order valence-corrected chi connectivity index (χ4v) is 2.23. The average molecular weight is 326 g/mol. The molecule has 1 N–H and O–H groups in total. The number of aryl methyl sites for hydroxylation is 2. The molecule has 1 aromatic carbocycles. The van der Waals surface area contributed by atoms with Gasteiger partial charge in [0.15, 0.2) is 24.0 Å². The molecule has 0 amide bonds. The van der Waals surface area contributed by atoms with Crippen molar-refractivity contribution in [3.05, 3.63) is 53.4 Å². The molecule has 0 aliphatic carbocycles. The lowest BCUT2D eigenvalue weighted by atomic mass is 10.1. The lowest BCUT2D eigenvalue weighted by Crippen LogP contribution is -2.15. The van der Waals surface area contributed by atoms with E-state index in [0.29, 0.717) is 22.8 Å². The van der Waals surface area contributed by atoms with Crippen LogP contribution in [0.5, 0.6) is 0 Å². The van der Waals surface area contributed by atoms with Crippen LogP contribution < -0.4 is 0 Å².